The minimum absolute atomic E-state index is 0.0513. The lowest BCUT2D eigenvalue weighted by Crippen LogP contribution is -1.92. The Morgan fingerprint density at radius 1 is 1.50 bits per heavy atom. The molecule has 0 atom stereocenters. The molecule has 0 saturated carbocycles. The van der Waals surface area contributed by atoms with Crippen LogP contribution in [0.1, 0.15) is 17.3 Å². The van der Waals surface area contributed by atoms with Crippen LogP contribution < -0.4 is 0 Å². The van der Waals surface area contributed by atoms with Gasteiger partial charge in [-0.2, -0.15) is 5.10 Å². The van der Waals surface area contributed by atoms with Gasteiger partial charge in [-0.05, 0) is 19.1 Å². The Morgan fingerprint density at radius 3 is 2.94 bits per heavy atom. The van der Waals surface area contributed by atoms with E-state index in [2.05, 4.69) is 10.1 Å². The van der Waals surface area contributed by atoms with Crippen molar-refractivity contribution in [3.8, 4) is 0 Å². The Kier molecular flexibility index (Phi) is 3.05. The third kappa shape index (κ3) is 2.49. The minimum Gasteiger partial charge on any atom is -0.295 e. The predicted octanol–water partition coefficient (Wildman–Crippen LogP) is 2.17. The van der Waals surface area contributed by atoms with Crippen molar-refractivity contribution in [2.75, 3.05) is 0 Å². The molecule has 0 aliphatic heterocycles. The van der Waals surface area contributed by atoms with Crippen molar-refractivity contribution in [3.05, 3.63) is 36.3 Å². The first kappa shape index (κ1) is 10.9. The normalized spacial score (nSPS) is 10.4. The molecule has 82 valence electrons. The molecule has 16 heavy (non-hydrogen) atoms. The van der Waals surface area contributed by atoms with Crippen molar-refractivity contribution in [3.63, 3.8) is 0 Å². The first-order valence-corrected chi connectivity index (χ1v) is 5.60. The summed E-state index contributed by atoms with van der Waals surface area (Å²) in [5, 5.41) is 4.88. The molecule has 0 amide bonds. The van der Waals surface area contributed by atoms with Crippen molar-refractivity contribution >= 4 is 17.5 Å². The van der Waals surface area contributed by atoms with Gasteiger partial charge < -0.3 is 0 Å². The average Bonchev–Trinajstić information content (AvgIpc) is 2.64. The first-order valence-electron chi connectivity index (χ1n) is 4.78. The number of aromatic nitrogens is 3. The number of aryl methyl sites for hydroxylation is 1. The Labute approximate surface area is 97.7 Å². The van der Waals surface area contributed by atoms with E-state index in [-0.39, 0.29) is 5.78 Å². The third-order valence-corrected chi connectivity index (χ3v) is 2.92. The molecule has 0 bridgehead atoms. The van der Waals surface area contributed by atoms with Gasteiger partial charge in [-0.1, -0.05) is 11.8 Å². The Balaban J connectivity index is 2.21. The first-order chi connectivity index (χ1) is 7.65. The number of rotatable bonds is 3. The molecule has 4 nitrogen and oxygen atoms in total. The maximum atomic E-state index is 11.2. The topological polar surface area (TPSA) is 47.8 Å². The van der Waals surface area contributed by atoms with Gasteiger partial charge in [-0.3, -0.25) is 9.48 Å². The largest absolute Gasteiger partial charge is 0.295 e. The number of hydrogen-bond acceptors (Lipinski definition) is 4. The van der Waals surface area contributed by atoms with Gasteiger partial charge >= 0.3 is 0 Å². The Bertz CT molecular complexity index is 521. The van der Waals surface area contributed by atoms with Crippen LogP contribution in [-0.4, -0.2) is 20.5 Å². The molecule has 0 unspecified atom stereocenters. The lowest BCUT2D eigenvalue weighted by molar-refractivity contribution is 0.101. The van der Waals surface area contributed by atoms with E-state index in [1.54, 1.807) is 36.1 Å². The van der Waals surface area contributed by atoms with Crippen LogP contribution in [-0.2, 0) is 7.05 Å². The minimum atomic E-state index is 0.0513. The number of Topliss-reactive ketones (excluding diaryl/α,β-unsaturated/α-hetero) is 1. The lowest BCUT2D eigenvalue weighted by Gasteiger charge is -1.99. The zero-order valence-corrected chi connectivity index (χ0v) is 9.86. The van der Waals surface area contributed by atoms with Crippen molar-refractivity contribution in [1.82, 2.24) is 14.8 Å². The van der Waals surface area contributed by atoms with Crippen LogP contribution in [0.15, 0.2) is 40.6 Å². The molecule has 0 fully saturated rings. The van der Waals surface area contributed by atoms with E-state index in [1.165, 1.54) is 11.8 Å². The quantitative estimate of drug-likeness (QED) is 0.762. The molecule has 0 spiro atoms. The van der Waals surface area contributed by atoms with Crippen LogP contribution in [0.4, 0.5) is 0 Å². The van der Waals surface area contributed by atoms with Gasteiger partial charge in [0, 0.05) is 25.0 Å². The van der Waals surface area contributed by atoms with Gasteiger partial charge in [0.2, 0.25) is 0 Å². The standard InChI is InChI=1S/C11H11N3OS/c1-8(15)9-3-4-12-11(5-9)16-10-6-13-14(2)7-10/h3-7H,1-2H3. The molecule has 2 aromatic heterocycles. The molecule has 2 rings (SSSR count). The van der Waals surface area contributed by atoms with Gasteiger partial charge in [-0.15, -0.1) is 0 Å². The summed E-state index contributed by atoms with van der Waals surface area (Å²) in [6.07, 6.45) is 5.33. The van der Waals surface area contributed by atoms with E-state index < -0.39 is 0 Å². The SMILES string of the molecule is CC(=O)c1ccnc(Sc2cnn(C)c2)c1. The molecule has 5 heteroatoms. The molecule has 2 aromatic rings. The van der Waals surface area contributed by atoms with Crippen molar-refractivity contribution < 1.29 is 4.79 Å². The summed E-state index contributed by atoms with van der Waals surface area (Å²) in [5.74, 6) is 0.0513. The maximum absolute atomic E-state index is 11.2. The molecular formula is C11H11N3OS. The van der Waals surface area contributed by atoms with Gasteiger partial charge in [0.1, 0.15) is 5.03 Å². The van der Waals surface area contributed by atoms with Gasteiger partial charge in [-0.25, -0.2) is 4.98 Å². The molecular weight excluding hydrogens is 222 g/mol. The second-order valence-corrected chi connectivity index (χ2v) is 4.48. The highest BCUT2D eigenvalue weighted by molar-refractivity contribution is 7.99. The Morgan fingerprint density at radius 2 is 2.31 bits per heavy atom. The van der Waals surface area contributed by atoms with E-state index in [0.29, 0.717) is 5.56 Å². The summed E-state index contributed by atoms with van der Waals surface area (Å²) < 4.78 is 1.73. The van der Waals surface area contributed by atoms with Crippen LogP contribution in [0, 0.1) is 0 Å². The number of carbonyl (C=O) groups excluding carboxylic acids is 1. The van der Waals surface area contributed by atoms with Gasteiger partial charge in [0.05, 0.1) is 11.1 Å². The molecule has 0 saturated heterocycles. The highest BCUT2D eigenvalue weighted by atomic mass is 32.2. The van der Waals surface area contributed by atoms with Crippen LogP contribution in [0.3, 0.4) is 0 Å². The summed E-state index contributed by atoms with van der Waals surface area (Å²) in [7, 11) is 1.86. The van der Waals surface area contributed by atoms with Crippen molar-refractivity contribution in [2.45, 2.75) is 16.8 Å². The van der Waals surface area contributed by atoms with E-state index in [4.69, 9.17) is 0 Å². The van der Waals surface area contributed by atoms with Crippen molar-refractivity contribution in [2.24, 2.45) is 7.05 Å². The van der Waals surface area contributed by atoms with Crippen LogP contribution in [0.5, 0.6) is 0 Å². The molecule has 0 aliphatic carbocycles. The summed E-state index contributed by atoms with van der Waals surface area (Å²) in [6, 6.07) is 3.51. The number of nitrogens with zero attached hydrogens (tertiary/aromatic N) is 3. The fourth-order valence-electron chi connectivity index (χ4n) is 1.26. The Hall–Kier alpha value is -1.62. The molecule has 0 aromatic carbocycles. The second-order valence-electron chi connectivity index (χ2n) is 3.39. The fourth-order valence-corrected chi connectivity index (χ4v) is 2.10. The monoisotopic (exact) mass is 233 g/mol. The second kappa shape index (κ2) is 4.49. The number of pyridine rings is 1. The zero-order valence-electron chi connectivity index (χ0n) is 9.04. The highest BCUT2D eigenvalue weighted by Gasteiger charge is 2.04. The average molecular weight is 233 g/mol. The predicted molar refractivity (Wildman–Crippen MR) is 61.6 cm³/mol. The van der Waals surface area contributed by atoms with Crippen LogP contribution in [0.2, 0.25) is 0 Å². The van der Waals surface area contributed by atoms with E-state index in [1.807, 2.05) is 13.2 Å². The third-order valence-electron chi connectivity index (χ3n) is 2.04. The van der Waals surface area contributed by atoms with Gasteiger partial charge in [0.15, 0.2) is 5.78 Å². The van der Waals surface area contributed by atoms with E-state index >= 15 is 0 Å². The van der Waals surface area contributed by atoms with E-state index in [9.17, 15) is 4.79 Å². The zero-order chi connectivity index (χ0) is 11.5. The summed E-state index contributed by atoms with van der Waals surface area (Å²) in [4.78, 5) is 16.4. The summed E-state index contributed by atoms with van der Waals surface area (Å²) >= 11 is 1.49. The number of hydrogen-bond donors (Lipinski definition) is 0. The molecule has 0 radical (unpaired) electrons. The highest BCUT2D eigenvalue weighted by Crippen LogP contribution is 2.25. The smallest absolute Gasteiger partial charge is 0.159 e. The molecule has 2 heterocycles. The lowest BCUT2D eigenvalue weighted by atomic mass is 10.2. The summed E-state index contributed by atoms with van der Waals surface area (Å²) in [5.41, 5.74) is 0.682. The maximum Gasteiger partial charge on any atom is 0.159 e. The fraction of sp³-hybridized carbons (Fsp3) is 0.182. The van der Waals surface area contributed by atoms with E-state index in [0.717, 1.165) is 9.92 Å². The number of carbonyl (C=O) groups is 1. The number of ketones is 1. The molecule has 0 aliphatic rings. The van der Waals surface area contributed by atoms with Crippen LogP contribution >= 0.6 is 11.8 Å². The molecule has 0 N–H and O–H groups in total. The van der Waals surface area contributed by atoms with Gasteiger partial charge in [0.25, 0.3) is 0 Å². The summed E-state index contributed by atoms with van der Waals surface area (Å²) in [6.45, 7) is 1.55. The van der Waals surface area contributed by atoms with Crippen LogP contribution in [0.25, 0.3) is 0 Å². The van der Waals surface area contributed by atoms with Crippen molar-refractivity contribution in [1.29, 1.82) is 0 Å².